The van der Waals surface area contributed by atoms with Crippen LogP contribution in [0, 0.1) is 0 Å². The lowest BCUT2D eigenvalue weighted by Gasteiger charge is -2.18. The van der Waals surface area contributed by atoms with Crippen molar-refractivity contribution in [2.24, 2.45) is 0 Å². The molecule has 1 aliphatic rings. The largest absolute Gasteiger partial charge is 0.494 e. The molecule has 1 aliphatic heterocycles. The van der Waals surface area contributed by atoms with E-state index in [0.717, 1.165) is 42.7 Å². The number of nitrogens with zero attached hydrogens (tertiary/aromatic N) is 3. The van der Waals surface area contributed by atoms with Gasteiger partial charge >= 0.3 is 0 Å². The molecule has 6 heteroatoms. The Labute approximate surface area is 191 Å². The van der Waals surface area contributed by atoms with E-state index in [1.165, 1.54) is 0 Å². The van der Waals surface area contributed by atoms with Crippen LogP contribution in [0.3, 0.4) is 0 Å². The van der Waals surface area contributed by atoms with Crippen molar-refractivity contribution in [2.45, 2.75) is 39.3 Å². The summed E-state index contributed by atoms with van der Waals surface area (Å²) in [4.78, 5) is 31.5. The molecule has 0 bridgehead atoms. The van der Waals surface area contributed by atoms with Gasteiger partial charge in [-0.2, -0.15) is 0 Å². The Morgan fingerprint density at radius 2 is 1.69 bits per heavy atom. The maximum absolute atomic E-state index is 13.2. The molecule has 0 spiro atoms. The molecule has 0 fully saturated rings. The Balaban J connectivity index is 1.62. The molecule has 6 nitrogen and oxygen atoms in total. The van der Waals surface area contributed by atoms with Crippen molar-refractivity contribution in [2.75, 3.05) is 40.8 Å². The summed E-state index contributed by atoms with van der Waals surface area (Å²) >= 11 is 0. The van der Waals surface area contributed by atoms with Gasteiger partial charge in [0, 0.05) is 44.4 Å². The molecule has 3 rings (SSSR count). The van der Waals surface area contributed by atoms with Crippen molar-refractivity contribution in [3.63, 3.8) is 0 Å². The summed E-state index contributed by atoms with van der Waals surface area (Å²) in [6.45, 7) is 5.61. The number of unbranched alkanes of at least 4 members (excludes halogenated alkanes) is 1. The maximum atomic E-state index is 13.2. The number of rotatable bonds is 10. The maximum Gasteiger partial charge on any atom is 0.254 e. The zero-order valence-corrected chi connectivity index (χ0v) is 19.8. The first kappa shape index (κ1) is 23.8. The molecule has 172 valence electrons. The molecule has 32 heavy (non-hydrogen) atoms. The Morgan fingerprint density at radius 3 is 2.44 bits per heavy atom. The fourth-order valence-corrected chi connectivity index (χ4v) is 3.86. The SMILES string of the molecule is CCCCN(C)C(=O)c1cccc(C(=O)N2Cc3ccc(OCCCN(C)C)cc3C2)c1. The van der Waals surface area contributed by atoms with Gasteiger partial charge in [-0.25, -0.2) is 0 Å². The Kier molecular flexibility index (Phi) is 8.28. The van der Waals surface area contributed by atoms with Crippen molar-refractivity contribution in [3.05, 3.63) is 64.7 Å². The fourth-order valence-electron chi connectivity index (χ4n) is 3.86. The van der Waals surface area contributed by atoms with Crippen LogP contribution in [0.5, 0.6) is 5.75 Å². The highest BCUT2D eigenvalue weighted by molar-refractivity contribution is 5.99. The predicted octanol–water partition coefficient (Wildman–Crippen LogP) is 4.05. The van der Waals surface area contributed by atoms with Gasteiger partial charge in [0.2, 0.25) is 0 Å². The molecule has 2 amide bonds. The lowest BCUT2D eigenvalue weighted by molar-refractivity contribution is 0.0751. The number of fused-ring (bicyclic) bond motifs is 1. The summed E-state index contributed by atoms with van der Waals surface area (Å²) in [5.41, 5.74) is 3.37. The van der Waals surface area contributed by atoms with Crippen LogP contribution >= 0.6 is 0 Å². The normalized spacial score (nSPS) is 12.7. The third-order valence-electron chi connectivity index (χ3n) is 5.76. The summed E-state index contributed by atoms with van der Waals surface area (Å²) in [6.07, 6.45) is 2.97. The molecule has 0 atom stereocenters. The summed E-state index contributed by atoms with van der Waals surface area (Å²) in [5.74, 6) is 0.744. The number of amides is 2. The topological polar surface area (TPSA) is 53.1 Å². The van der Waals surface area contributed by atoms with E-state index in [4.69, 9.17) is 4.74 Å². The van der Waals surface area contributed by atoms with Crippen molar-refractivity contribution in [1.29, 1.82) is 0 Å². The summed E-state index contributed by atoms with van der Waals surface area (Å²) in [5, 5.41) is 0. The number of carbonyl (C=O) groups excluding carboxylic acids is 2. The molecule has 0 unspecified atom stereocenters. The lowest BCUT2D eigenvalue weighted by atomic mass is 10.1. The van der Waals surface area contributed by atoms with E-state index in [9.17, 15) is 9.59 Å². The smallest absolute Gasteiger partial charge is 0.254 e. The van der Waals surface area contributed by atoms with Crippen molar-refractivity contribution >= 4 is 11.8 Å². The van der Waals surface area contributed by atoms with Crippen molar-refractivity contribution in [3.8, 4) is 5.75 Å². The highest BCUT2D eigenvalue weighted by atomic mass is 16.5. The van der Waals surface area contributed by atoms with Crippen LogP contribution in [-0.2, 0) is 13.1 Å². The third-order valence-corrected chi connectivity index (χ3v) is 5.76. The minimum absolute atomic E-state index is 0.0473. The van der Waals surface area contributed by atoms with Gasteiger partial charge in [-0.1, -0.05) is 25.5 Å². The number of ether oxygens (including phenoxy) is 1. The van der Waals surface area contributed by atoms with Crippen LogP contribution in [0.4, 0.5) is 0 Å². The molecular weight excluding hydrogens is 402 g/mol. The van der Waals surface area contributed by atoms with Crippen LogP contribution in [0.2, 0.25) is 0 Å². The minimum atomic E-state index is -0.0551. The zero-order chi connectivity index (χ0) is 23.1. The minimum Gasteiger partial charge on any atom is -0.494 e. The van der Waals surface area contributed by atoms with E-state index in [-0.39, 0.29) is 11.8 Å². The van der Waals surface area contributed by atoms with Gasteiger partial charge in [0.25, 0.3) is 11.8 Å². The first-order valence-electron chi connectivity index (χ1n) is 11.4. The summed E-state index contributed by atoms with van der Waals surface area (Å²) < 4.78 is 5.88. The highest BCUT2D eigenvalue weighted by Crippen LogP contribution is 2.28. The van der Waals surface area contributed by atoms with E-state index < -0.39 is 0 Å². The summed E-state index contributed by atoms with van der Waals surface area (Å²) in [7, 11) is 5.92. The van der Waals surface area contributed by atoms with Crippen LogP contribution in [0.15, 0.2) is 42.5 Å². The first-order chi connectivity index (χ1) is 15.4. The summed E-state index contributed by atoms with van der Waals surface area (Å²) in [6, 6.07) is 13.1. The number of carbonyl (C=O) groups is 2. The van der Waals surface area contributed by atoms with E-state index in [2.05, 4.69) is 25.9 Å². The highest BCUT2D eigenvalue weighted by Gasteiger charge is 2.25. The van der Waals surface area contributed by atoms with E-state index in [0.29, 0.717) is 37.4 Å². The van der Waals surface area contributed by atoms with Crippen LogP contribution < -0.4 is 4.74 Å². The molecule has 0 radical (unpaired) electrons. The van der Waals surface area contributed by atoms with Gasteiger partial charge in [-0.15, -0.1) is 0 Å². The predicted molar refractivity (Wildman–Crippen MR) is 127 cm³/mol. The van der Waals surface area contributed by atoms with Gasteiger partial charge < -0.3 is 19.4 Å². The molecule has 2 aromatic rings. The molecule has 1 heterocycles. The standard InChI is InChI=1S/C26H35N3O3/c1-5-6-14-28(4)25(30)20-9-7-10-21(16-20)26(31)29-18-22-11-12-24(17-23(22)19-29)32-15-8-13-27(2)3/h7,9-12,16-17H,5-6,8,13-15,18-19H2,1-4H3. The van der Waals surface area contributed by atoms with Gasteiger partial charge in [0.1, 0.15) is 5.75 Å². The Morgan fingerprint density at radius 1 is 0.938 bits per heavy atom. The third kappa shape index (κ3) is 6.10. The van der Waals surface area contributed by atoms with E-state index >= 15 is 0 Å². The molecule has 0 saturated carbocycles. The quantitative estimate of drug-likeness (QED) is 0.527. The van der Waals surface area contributed by atoms with E-state index in [1.54, 1.807) is 29.2 Å². The molecular formula is C26H35N3O3. The number of hydrogen-bond acceptors (Lipinski definition) is 4. The van der Waals surface area contributed by atoms with Gasteiger partial charge in [0.05, 0.1) is 6.61 Å². The van der Waals surface area contributed by atoms with Gasteiger partial charge in [0.15, 0.2) is 0 Å². The zero-order valence-electron chi connectivity index (χ0n) is 19.8. The molecule has 0 aliphatic carbocycles. The number of hydrogen-bond donors (Lipinski definition) is 0. The van der Waals surface area contributed by atoms with Crippen molar-refractivity contribution < 1.29 is 14.3 Å². The van der Waals surface area contributed by atoms with E-state index in [1.807, 2.05) is 30.1 Å². The first-order valence-corrected chi connectivity index (χ1v) is 11.4. The average Bonchev–Trinajstić information content (AvgIpc) is 3.22. The van der Waals surface area contributed by atoms with Gasteiger partial charge in [-0.05, 0) is 68.4 Å². The molecule has 0 saturated heterocycles. The molecule has 2 aromatic carbocycles. The fraction of sp³-hybridized carbons (Fsp3) is 0.462. The second-order valence-corrected chi connectivity index (χ2v) is 8.76. The molecule has 0 aromatic heterocycles. The van der Waals surface area contributed by atoms with Gasteiger partial charge in [-0.3, -0.25) is 9.59 Å². The van der Waals surface area contributed by atoms with Crippen LogP contribution in [0.25, 0.3) is 0 Å². The average molecular weight is 438 g/mol. The second kappa shape index (κ2) is 11.1. The lowest BCUT2D eigenvalue weighted by Crippen LogP contribution is -2.29. The van der Waals surface area contributed by atoms with Crippen molar-refractivity contribution in [1.82, 2.24) is 14.7 Å². The Bertz CT molecular complexity index is 942. The van der Waals surface area contributed by atoms with Crippen LogP contribution in [0.1, 0.15) is 58.0 Å². The number of benzene rings is 2. The van der Waals surface area contributed by atoms with Crippen LogP contribution in [-0.4, -0.2) is 67.4 Å². The second-order valence-electron chi connectivity index (χ2n) is 8.76. The Hall–Kier alpha value is -2.86. The monoisotopic (exact) mass is 437 g/mol. The molecule has 0 N–H and O–H groups in total.